The fourth-order valence-electron chi connectivity index (χ4n) is 11.1. The van der Waals surface area contributed by atoms with Crippen LogP contribution in [0, 0.1) is 24.1 Å². The van der Waals surface area contributed by atoms with Gasteiger partial charge in [-0.1, -0.05) is 0 Å². The molecule has 6 aliphatic rings. The summed E-state index contributed by atoms with van der Waals surface area (Å²) in [5, 5.41) is 17.5. The Hall–Kier alpha value is -5.95. The summed E-state index contributed by atoms with van der Waals surface area (Å²) in [4.78, 5) is 54.5. The van der Waals surface area contributed by atoms with Gasteiger partial charge in [-0.15, -0.1) is 0 Å². The summed E-state index contributed by atoms with van der Waals surface area (Å²) in [7, 11) is 3.38. The second-order valence-corrected chi connectivity index (χ2v) is 20.1. The third kappa shape index (κ3) is 8.00. The highest BCUT2D eigenvalue weighted by atomic mass is 19.3. The van der Waals surface area contributed by atoms with Gasteiger partial charge < -0.3 is 29.7 Å². The lowest BCUT2D eigenvalue weighted by Gasteiger charge is -2.54. The number of halogens is 3. The van der Waals surface area contributed by atoms with Crippen molar-refractivity contribution in [2.75, 3.05) is 66.3 Å². The van der Waals surface area contributed by atoms with E-state index in [2.05, 4.69) is 66.1 Å². The molecule has 16 nitrogen and oxygen atoms in total. The Balaban J connectivity index is 0.710. The number of hydrogen-bond acceptors (Lipinski definition) is 13. The zero-order valence-electron chi connectivity index (χ0n) is 38.3. The van der Waals surface area contributed by atoms with E-state index in [1.807, 2.05) is 18.7 Å². The van der Waals surface area contributed by atoms with Crippen LogP contribution in [0.5, 0.6) is 5.75 Å². The normalized spacial score (nSPS) is 24.3. The number of imide groups is 1. The van der Waals surface area contributed by atoms with Gasteiger partial charge >= 0.3 is 5.92 Å². The summed E-state index contributed by atoms with van der Waals surface area (Å²) < 4.78 is 54.9. The quantitative estimate of drug-likeness (QED) is 0.134. The zero-order chi connectivity index (χ0) is 46.5. The molecule has 4 aliphatic heterocycles. The maximum atomic E-state index is 15.9. The molecule has 2 unspecified atom stereocenters. The van der Waals surface area contributed by atoms with Gasteiger partial charge in [-0.25, -0.2) is 9.37 Å². The van der Waals surface area contributed by atoms with Crippen LogP contribution in [0.4, 0.5) is 42.0 Å². The number of carbonyl (C=O) groups is 2. The van der Waals surface area contributed by atoms with Crippen LogP contribution < -0.4 is 41.4 Å². The topological polar surface area (TPSA) is 167 Å². The van der Waals surface area contributed by atoms with Gasteiger partial charge in [-0.05, 0) is 89.0 Å². The molecule has 4 N–H and O–H groups in total. The number of nitrogens with one attached hydrogen (secondary N) is 4. The van der Waals surface area contributed by atoms with Crippen molar-refractivity contribution in [1.29, 1.82) is 0 Å². The van der Waals surface area contributed by atoms with Crippen molar-refractivity contribution in [3.63, 3.8) is 0 Å². The van der Waals surface area contributed by atoms with Crippen LogP contribution in [0.1, 0.15) is 75.5 Å². The van der Waals surface area contributed by atoms with Gasteiger partial charge in [-0.2, -0.15) is 18.9 Å². The number of piperazine rings is 1. The number of fused-ring (bicyclic) bond motifs is 4. The van der Waals surface area contributed by atoms with Crippen LogP contribution in [0.15, 0.2) is 41.3 Å². The number of ether oxygens (including phenoxy) is 1. The van der Waals surface area contributed by atoms with Gasteiger partial charge in [0.25, 0.3) is 5.56 Å². The van der Waals surface area contributed by atoms with Crippen LogP contribution in [0.25, 0.3) is 21.8 Å². The lowest BCUT2D eigenvalue weighted by atomic mass is 9.66. The average Bonchev–Trinajstić information content (AvgIpc) is 4.08. The van der Waals surface area contributed by atoms with Gasteiger partial charge in [0, 0.05) is 112 Å². The summed E-state index contributed by atoms with van der Waals surface area (Å²) in [5.74, 6) is -3.47. The molecule has 11 rings (SSSR count). The molecule has 1 spiro atoms. The number of rotatable bonds is 9. The summed E-state index contributed by atoms with van der Waals surface area (Å²) >= 11 is 0. The van der Waals surface area contributed by atoms with E-state index in [0.29, 0.717) is 47.5 Å². The molecule has 354 valence electrons. The Bertz CT molecular complexity index is 2870. The van der Waals surface area contributed by atoms with Crippen molar-refractivity contribution in [1.82, 2.24) is 39.8 Å². The lowest BCUT2D eigenvalue weighted by molar-refractivity contribution is -0.134. The molecule has 2 aromatic carbocycles. The first-order chi connectivity index (χ1) is 32.1. The molecular weight excluding hydrogens is 866 g/mol. The van der Waals surface area contributed by atoms with E-state index >= 15 is 13.2 Å². The molecule has 19 heteroatoms. The van der Waals surface area contributed by atoms with Gasteiger partial charge in [0.1, 0.15) is 17.8 Å². The van der Waals surface area contributed by atoms with Crippen molar-refractivity contribution < 1.29 is 27.5 Å². The average molecular weight is 923 g/mol. The molecular formula is C48H57F3N12O4. The molecule has 7 heterocycles. The number of aryl methyl sites for hydroxylation is 3. The van der Waals surface area contributed by atoms with Crippen LogP contribution in [0.3, 0.4) is 0 Å². The second kappa shape index (κ2) is 16.4. The number of hydrogen-bond donors (Lipinski definition) is 4. The number of amides is 2. The Labute approximate surface area is 385 Å². The highest BCUT2D eigenvalue weighted by Crippen LogP contribution is 2.47. The van der Waals surface area contributed by atoms with E-state index < -0.39 is 36.0 Å². The molecule has 3 atom stereocenters. The minimum Gasteiger partial charge on any atom is -0.480 e. The Kier molecular flexibility index (Phi) is 10.7. The minimum atomic E-state index is -3.31. The smallest absolute Gasteiger partial charge is 0.313 e. The molecule has 3 saturated heterocycles. The number of alkyl halides is 2. The molecule has 0 bridgehead atoms. The fraction of sp³-hybridized carbons (Fsp3) is 0.542. The standard InChI is InChI=1S/C48H57F3N12O4/c1-26-20-52-46(57-42(26)54-35-18-33-36(19-34(35)49)59(3)44(66)41-40(33)56-45(53-29-5-6-29)48(50,51)25-67-41)63-23-47(24-63)13-11-28(12-14-47)22-61-15-16-62(21-27(61)2)30-7-8-31-37(17-30)60(4)58-39(31)32-9-10-38(64)55-43(32)65/h7-8,17-20,27-29,32,45,53,56H,5-6,9-16,21-25H2,1-4H3,(H,52,54,57)(H,55,64,65)/t27-,32?,45?/m1/s1. The summed E-state index contributed by atoms with van der Waals surface area (Å²) in [6.07, 6.45) is 7.23. The summed E-state index contributed by atoms with van der Waals surface area (Å²) in [5.41, 5.74) is 3.54. The Morgan fingerprint density at radius 3 is 2.49 bits per heavy atom. The van der Waals surface area contributed by atoms with Crippen LogP contribution in [-0.4, -0.2) is 111 Å². The molecule has 5 fully saturated rings. The van der Waals surface area contributed by atoms with Crippen molar-refractivity contribution in [2.24, 2.45) is 25.4 Å². The number of aromatic nitrogens is 5. The van der Waals surface area contributed by atoms with Crippen molar-refractivity contribution in [3.8, 4) is 5.75 Å². The molecule has 2 saturated carbocycles. The lowest BCUT2D eigenvalue weighted by Crippen LogP contribution is -2.59. The number of anilines is 5. The first kappa shape index (κ1) is 43.6. The third-order valence-electron chi connectivity index (χ3n) is 15.3. The first-order valence-corrected chi connectivity index (χ1v) is 23.7. The minimum absolute atomic E-state index is 0.0538. The maximum absolute atomic E-state index is 15.9. The van der Waals surface area contributed by atoms with E-state index in [4.69, 9.17) is 14.8 Å². The SMILES string of the molecule is Cc1cnc(N2CC3(CCC(CN4CCN(c5ccc6c(C7CCC(=O)NC7=O)nn(C)c6c5)C[C@H]4C)CC3)C2)nc1Nc1cc2c3c(c(=O)n(C)c2cc1F)OCC(F)(F)C(NC1CC1)N3. The molecule has 2 aliphatic carbocycles. The molecule has 2 amide bonds. The molecule has 5 aromatic rings. The van der Waals surface area contributed by atoms with Gasteiger partial charge in [-0.3, -0.25) is 34.6 Å². The van der Waals surface area contributed by atoms with Gasteiger partial charge in [0.15, 0.2) is 6.61 Å². The first-order valence-electron chi connectivity index (χ1n) is 23.7. The summed E-state index contributed by atoms with van der Waals surface area (Å²) in [6, 6.07) is 9.47. The largest absolute Gasteiger partial charge is 0.480 e. The number of nitrogens with zero attached hydrogens (tertiary/aromatic N) is 8. The Morgan fingerprint density at radius 2 is 1.75 bits per heavy atom. The second-order valence-electron chi connectivity index (χ2n) is 20.1. The Morgan fingerprint density at radius 1 is 0.955 bits per heavy atom. The monoisotopic (exact) mass is 922 g/mol. The number of pyridine rings is 1. The third-order valence-corrected chi connectivity index (χ3v) is 15.3. The maximum Gasteiger partial charge on any atom is 0.313 e. The van der Waals surface area contributed by atoms with E-state index in [1.54, 1.807) is 6.20 Å². The van der Waals surface area contributed by atoms with Crippen molar-refractivity contribution >= 4 is 62.4 Å². The van der Waals surface area contributed by atoms with E-state index in [9.17, 15) is 14.4 Å². The predicted molar refractivity (Wildman–Crippen MR) is 249 cm³/mol. The van der Waals surface area contributed by atoms with Crippen LogP contribution in [-0.2, 0) is 23.7 Å². The van der Waals surface area contributed by atoms with E-state index in [0.717, 1.165) is 87.2 Å². The van der Waals surface area contributed by atoms with E-state index in [-0.39, 0.29) is 45.9 Å². The van der Waals surface area contributed by atoms with Gasteiger partial charge in [0.2, 0.25) is 23.5 Å². The predicted octanol–water partition coefficient (Wildman–Crippen LogP) is 5.65. The molecule has 67 heavy (non-hydrogen) atoms. The highest BCUT2D eigenvalue weighted by Gasteiger charge is 2.48. The fourth-order valence-corrected chi connectivity index (χ4v) is 11.1. The highest BCUT2D eigenvalue weighted by molar-refractivity contribution is 6.03. The summed E-state index contributed by atoms with van der Waals surface area (Å²) in [6.45, 7) is 8.80. The number of piperidine rings is 1. The molecule has 0 radical (unpaired) electrons. The zero-order valence-corrected chi connectivity index (χ0v) is 38.3. The number of benzene rings is 2. The number of carbonyl (C=O) groups excluding carboxylic acids is 2. The van der Waals surface area contributed by atoms with Crippen molar-refractivity contribution in [2.45, 2.75) is 95.3 Å². The van der Waals surface area contributed by atoms with Gasteiger partial charge in [0.05, 0.1) is 34.0 Å². The van der Waals surface area contributed by atoms with Crippen LogP contribution >= 0.6 is 0 Å². The van der Waals surface area contributed by atoms with Crippen LogP contribution in [0.2, 0.25) is 0 Å². The van der Waals surface area contributed by atoms with Crippen molar-refractivity contribution in [3.05, 3.63) is 64.0 Å². The van der Waals surface area contributed by atoms with E-state index in [1.165, 1.54) is 36.6 Å². The molecule has 3 aromatic heterocycles.